The van der Waals surface area contributed by atoms with E-state index < -0.39 is 18.0 Å². The second-order valence-corrected chi connectivity index (χ2v) is 6.61. The van der Waals surface area contributed by atoms with Gasteiger partial charge < -0.3 is 14.5 Å². The Morgan fingerprint density at radius 2 is 1.58 bits per heavy atom. The fourth-order valence-corrected chi connectivity index (χ4v) is 3.39. The van der Waals surface area contributed by atoms with Gasteiger partial charge in [-0.3, -0.25) is 9.59 Å². The highest BCUT2D eigenvalue weighted by Crippen LogP contribution is 2.44. The first-order valence-corrected chi connectivity index (χ1v) is 8.84. The lowest BCUT2D eigenvalue weighted by molar-refractivity contribution is -0.146. The second kappa shape index (κ2) is 6.80. The van der Waals surface area contributed by atoms with Crippen LogP contribution in [0.25, 0.3) is 11.1 Å². The number of esters is 1. The second-order valence-electron chi connectivity index (χ2n) is 5.83. The number of fused-ring (bicyclic) bond motifs is 3. The lowest BCUT2D eigenvalue weighted by Crippen LogP contribution is -2.31. The largest absolute Gasteiger partial charge is 0.451 e. The smallest absolute Gasteiger partial charge is 0.326 e. The lowest BCUT2D eigenvalue weighted by atomic mass is 10.1. The molecule has 4 rings (SSSR count). The highest BCUT2D eigenvalue weighted by molar-refractivity contribution is 9.10. The molecule has 0 spiro atoms. The number of nitrogens with one attached hydrogen (secondary N) is 1. The van der Waals surface area contributed by atoms with Crippen molar-refractivity contribution in [3.05, 3.63) is 82.2 Å². The van der Waals surface area contributed by atoms with Crippen LogP contribution in [0.2, 0.25) is 0 Å². The number of hydrogen-bond donors (Lipinski definition) is 1. The molecule has 1 heterocycles. The predicted octanol–water partition coefficient (Wildman–Crippen LogP) is 4.09. The molecule has 3 aromatic rings. The van der Waals surface area contributed by atoms with Crippen molar-refractivity contribution in [2.24, 2.45) is 0 Å². The van der Waals surface area contributed by atoms with Crippen LogP contribution >= 0.6 is 15.9 Å². The van der Waals surface area contributed by atoms with E-state index in [4.69, 9.17) is 9.15 Å². The SMILES string of the molecule is O=C(CNC(=O)c1ccc(Br)o1)OC1c2ccccc2-c2ccccc21. The van der Waals surface area contributed by atoms with E-state index in [0.29, 0.717) is 4.67 Å². The molecule has 0 saturated carbocycles. The van der Waals surface area contributed by atoms with Crippen LogP contribution < -0.4 is 5.32 Å². The molecule has 0 saturated heterocycles. The molecule has 0 fully saturated rings. The van der Waals surface area contributed by atoms with Crippen LogP contribution in [0.5, 0.6) is 0 Å². The monoisotopic (exact) mass is 411 g/mol. The van der Waals surface area contributed by atoms with Gasteiger partial charge in [0.25, 0.3) is 5.91 Å². The van der Waals surface area contributed by atoms with Gasteiger partial charge in [0.1, 0.15) is 6.54 Å². The fourth-order valence-electron chi connectivity index (χ4n) is 3.09. The maximum absolute atomic E-state index is 12.3. The molecular weight excluding hydrogens is 398 g/mol. The van der Waals surface area contributed by atoms with E-state index in [0.717, 1.165) is 22.3 Å². The van der Waals surface area contributed by atoms with Crippen molar-refractivity contribution in [2.75, 3.05) is 6.54 Å². The van der Waals surface area contributed by atoms with Crippen molar-refractivity contribution < 1.29 is 18.7 Å². The quantitative estimate of drug-likeness (QED) is 0.656. The summed E-state index contributed by atoms with van der Waals surface area (Å²) in [6.07, 6.45) is -0.468. The zero-order chi connectivity index (χ0) is 18.1. The third-order valence-corrected chi connectivity index (χ3v) is 4.64. The van der Waals surface area contributed by atoms with Crippen LogP contribution in [0.1, 0.15) is 27.8 Å². The molecule has 5 nitrogen and oxygen atoms in total. The van der Waals surface area contributed by atoms with Gasteiger partial charge in [-0.1, -0.05) is 48.5 Å². The number of hydrogen-bond acceptors (Lipinski definition) is 4. The van der Waals surface area contributed by atoms with Gasteiger partial charge >= 0.3 is 5.97 Å². The van der Waals surface area contributed by atoms with E-state index in [2.05, 4.69) is 21.2 Å². The highest BCUT2D eigenvalue weighted by Gasteiger charge is 2.31. The molecule has 1 aliphatic carbocycles. The van der Waals surface area contributed by atoms with Crippen molar-refractivity contribution in [2.45, 2.75) is 6.10 Å². The van der Waals surface area contributed by atoms with Crippen LogP contribution in [0, 0.1) is 0 Å². The van der Waals surface area contributed by atoms with Gasteiger partial charge in [-0.25, -0.2) is 0 Å². The molecule has 0 atom stereocenters. The van der Waals surface area contributed by atoms with E-state index in [1.54, 1.807) is 6.07 Å². The van der Waals surface area contributed by atoms with Gasteiger partial charge in [0, 0.05) is 11.1 Å². The minimum atomic E-state index is -0.513. The molecule has 1 aliphatic rings. The topological polar surface area (TPSA) is 68.5 Å². The first-order chi connectivity index (χ1) is 12.6. The van der Waals surface area contributed by atoms with E-state index >= 15 is 0 Å². The Morgan fingerprint density at radius 3 is 2.15 bits per heavy atom. The normalized spacial score (nSPS) is 12.3. The first kappa shape index (κ1) is 16.6. The van der Waals surface area contributed by atoms with Crippen LogP contribution in [-0.4, -0.2) is 18.4 Å². The predicted molar refractivity (Wildman–Crippen MR) is 98.6 cm³/mol. The molecule has 0 unspecified atom stereocenters. The van der Waals surface area contributed by atoms with Crippen molar-refractivity contribution >= 4 is 27.8 Å². The number of rotatable bonds is 4. The zero-order valence-corrected chi connectivity index (χ0v) is 15.2. The highest BCUT2D eigenvalue weighted by atomic mass is 79.9. The summed E-state index contributed by atoms with van der Waals surface area (Å²) in [4.78, 5) is 24.2. The maximum Gasteiger partial charge on any atom is 0.326 e. The van der Waals surface area contributed by atoms with Gasteiger partial charge in [-0.05, 0) is 39.2 Å². The van der Waals surface area contributed by atoms with Gasteiger partial charge in [-0.2, -0.15) is 0 Å². The van der Waals surface area contributed by atoms with E-state index in [-0.39, 0.29) is 12.3 Å². The molecule has 0 bridgehead atoms. The number of carbonyl (C=O) groups is 2. The van der Waals surface area contributed by atoms with Crippen molar-refractivity contribution in [1.29, 1.82) is 0 Å². The Kier molecular flexibility index (Phi) is 4.34. The fraction of sp³-hybridized carbons (Fsp3) is 0.100. The molecule has 1 amide bonds. The van der Waals surface area contributed by atoms with Gasteiger partial charge in [-0.15, -0.1) is 0 Å². The molecule has 1 aromatic heterocycles. The summed E-state index contributed by atoms with van der Waals surface area (Å²) in [6.45, 7) is -0.238. The Morgan fingerprint density at radius 1 is 0.962 bits per heavy atom. The number of amides is 1. The summed E-state index contributed by atoms with van der Waals surface area (Å²) < 4.78 is 11.3. The standard InChI is InChI=1S/C20H14BrNO4/c21-17-10-9-16(25-17)20(24)22-11-18(23)26-19-14-7-3-1-5-12(14)13-6-2-4-8-15(13)19/h1-10,19H,11H2,(H,22,24). The van der Waals surface area contributed by atoms with Crippen molar-refractivity contribution in [3.63, 3.8) is 0 Å². The third-order valence-electron chi connectivity index (χ3n) is 4.22. The summed E-state index contributed by atoms with van der Waals surface area (Å²) in [7, 11) is 0. The minimum Gasteiger partial charge on any atom is -0.451 e. The zero-order valence-electron chi connectivity index (χ0n) is 13.6. The van der Waals surface area contributed by atoms with E-state index in [9.17, 15) is 9.59 Å². The molecule has 6 heteroatoms. The molecule has 0 aliphatic heterocycles. The minimum absolute atomic E-state index is 0.126. The summed E-state index contributed by atoms with van der Waals surface area (Å²) in [6, 6.07) is 18.8. The first-order valence-electron chi connectivity index (χ1n) is 8.05. The van der Waals surface area contributed by atoms with Crippen molar-refractivity contribution in [3.8, 4) is 11.1 Å². The number of ether oxygens (including phenoxy) is 1. The van der Waals surface area contributed by atoms with Crippen LogP contribution in [0.15, 0.2) is 69.8 Å². The molecule has 0 radical (unpaired) electrons. The van der Waals surface area contributed by atoms with Crippen LogP contribution in [0.4, 0.5) is 0 Å². The average molecular weight is 412 g/mol. The Labute approximate surface area is 158 Å². The molecule has 130 valence electrons. The number of carbonyl (C=O) groups excluding carboxylic acids is 2. The number of benzene rings is 2. The summed E-state index contributed by atoms with van der Waals surface area (Å²) >= 11 is 3.13. The number of furan rings is 1. The van der Waals surface area contributed by atoms with E-state index in [1.165, 1.54) is 6.07 Å². The van der Waals surface area contributed by atoms with Crippen molar-refractivity contribution in [1.82, 2.24) is 5.32 Å². The molecule has 2 aromatic carbocycles. The van der Waals surface area contributed by atoms with Gasteiger partial charge in [0.15, 0.2) is 16.5 Å². The Bertz CT molecular complexity index is 949. The van der Waals surface area contributed by atoms with Gasteiger partial charge in [0.05, 0.1) is 0 Å². The third kappa shape index (κ3) is 3.04. The van der Waals surface area contributed by atoms with Crippen LogP contribution in [-0.2, 0) is 9.53 Å². The van der Waals surface area contributed by atoms with Crippen LogP contribution in [0.3, 0.4) is 0 Å². The number of halogens is 1. The average Bonchev–Trinajstić information content (AvgIpc) is 3.23. The van der Waals surface area contributed by atoms with E-state index in [1.807, 2.05) is 48.5 Å². The lowest BCUT2D eigenvalue weighted by Gasteiger charge is -2.15. The molecular formula is C20H14BrNO4. The molecule has 1 N–H and O–H groups in total. The molecule has 26 heavy (non-hydrogen) atoms. The summed E-state index contributed by atoms with van der Waals surface area (Å²) in [5.41, 5.74) is 4.02. The Hall–Kier alpha value is -2.86. The Balaban J connectivity index is 1.47. The van der Waals surface area contributed by atoms with Gasteiger partial charge in [0.2, 0.25) is 0 Å². The summed E-state index contributed by atoms with van der Waals surface area (Å²) in [5, 5.41) is 2.51. The maximum atomic E-state index is 12.3. The summed E-state index contributed by atoms with van der Waals surface area (Å²) in [5.74, 6) is -0.860.